The number of amides is 1. The first-order valence-corrected chi connectivity index (χ1v) is 6.35. The summed E-state index contributed by atoms with van der Waals surface area (Å²) >= 11 is 1.55. The standard InChI is InChI=1S/C12H11N3O2S/c1-6-12(16)15-9-4-7(2-3-10(9)18-6)8-5-14-17-11(8)13/h2-6H,13H2,1H3,(H,15,16). The minimum Gasteiger partial charge on any atom is -0.367 e. The molecule has 1 aliphatic heterocycles. The molecule has 18 heavy (non-hydrogen) atoms. The molecule has 1 unspecified atom stereocenters. The number of nitrogen functional groups attached to an aromatic ring is 1. The minimum atomic E-state index is -0.0657. The number of anilines is 2. The van der Waals surface area contributed by atoms with Gasteiger partial charge in [0.2, 0.25) is 11.8 Å². The van der Waals surface area contributed by atoms with E-state index in [-0.39, 0.29) is 17.0 Å². The number of hydrogen-bond donors (Lipinski definition) is 2. The first kappa shape index (κ1) is 11.2. The highest BCUT2D eigenvalue weighted by Gasteiger charge is 2.23. The quantitative estimate of drug-likeness (QED) is 0.823. The third-order valence-electron chi connectivity index (χ3n) is 2.82. The van der Waals surface area contributed by atoms with Gasteiger partial charge in [0.05, 0.1) is 22.7 Å². The third-order valence-corrected chi connectivity index (χ3v) is 4.00. The molecule has 5 nitrogen and oxygen atoms in total. The van der Waals surface area contributed by atoms with Gasteiger partial charge in [-0.15, -0.1) is 11.8 Å². The molecule has 0 radical (unpaired) electrons. The third kappa shape index (κ3) is 1.74. The predicted octanol–water partition coefficient (Wildman–Crippen LogP) is 2.36. The van der Waals surface area contributed by atoms with Gasteiger partial charge in [-0.05, 0) is 24.6 Å². The lowest BCUT2D eigenvalue weighted by molar-refractivity contribution is -0.115. The minimum absolute atomic E-state index is 0.0166. The normalized spacial score (nSPS) is 18.3. The van der Waals surface area contributed by atoms with Crippen molar-refractivity contribution < 1.29 is 9.32 Å². The molecule has 2 aromatic rings. The summed E-state index contributed by atoms with van der Waals surface area (Å²) in [5, 5.41) is 6.46. The molecule has 0 bridgehead atoms. The van der Waals surface area contributed by atoms with Crippen LogP contribution in [0.4, 0.5) is 11.6 Å². The molecular weight excluding hydrogens is 250 g/mol. The van der Waals surface area contributed by atoms with Gasteiger partial charge in [-0.25, -0.2) is 0 Å². The fourth-order valence-corrected chi connectivity index (χ4v) is 2.77. The second-order valence-corrected chi connectivity index (χ2v) is 5.45. The number of aromatic nitrogens is 1. The van der Waals surface area contributed by atoms with Crippen LogP contribution < -0.4 is 11.1 Å². The lowest BCUT2D eigenvalue weighted by Gasteiger charge is -2.21. The SMILES string of the molecule is CC1Sc2ccc(-c3cnoc3N)cc2NC1=O. The van der Waals surface area contributed by atoms with Crippen molar-refractivity contribution in [1.82, 2.24) is 5.16 Å². The van der Waals surface area contributed by atoms with E-state index in [9.17, 15) is 4.79 Å². The molecule has 0 aliphatic carbocycles. The average molecular weight is 261 g/mol. The Balaban J connectivity index is 2.04. The molecule has 1 aromatic carbocycles. The molecule has 0 fully saturated rings. The Morgan fingerprint density at radius 2 is 2.33 bits per heavy atom. The Hall–Kier alpha value is -1.95. The summed E-state index contributed by atoms with van der Waals surface area (Å²) in [6.45, 7) is 1.88. The first-order valence-electron chi connectivity index (χ1n) is 5.47. The van der Waals surface area contributed by atoms with E-state index in [2.05, 4.69) is 10.5 Å². The van der Waals surface area contributed by atoms with Crippen LogP contribution in [0, 0.1) is 0 Å². The van der Waals surface area contributed by atoms with Crippen molar-refractivity contribution >= 4 is 29.2 Å². The van der Waals surface area contributed by atoms with Crippen LogP contribution in [-0.2, 0) is 4.79 Å². The zero-order valence-electron chi connectivity index (χ0n) is 9.64. The van der Waals surface area contributed by atoms with Gasteiger partial charge >= 0.3 is 0 Å². The monoisotopic (exact) mass is 261 g/mol. The summed E-state index contributed by atoms with van der Waals surface area (Å²) < 4.78 is 4.84. The number of nitrogens with zero attached hydrogens (tertiary/aromatic N) is 1. The summed E-state index contributed by atoms with van der Waals surface area (Å²) in [5.41, 5.74) is 8.09. The van der Waals surface area contributed by atoms with Crippen molar-refractivity contribution in [3.63, 3.8) is 0 Å². The maximum Gasteiger partial charge on any atom is 0.237 e. The van der Waals surface area contributed by atoms with Gasteiger partial charge < -0.3 is 15.6 Å². The number of hydrogen-bond acceptors (Lipinski definition) is 5. The van der Waals surface area contributed by atoms with Crippen LogP contribution in [0.1, 0.15) is 6.92 Å². The average Bonchev–Trinajstić information content (AvgIpc) is 2.76. The molecule has 3 rings (SSSR count). The van der Waals surface area contributed by atoms with E-state index in [1.54, 1.807) is 18.0 Å². The Bertz CT molecular complexity index is 624. The molecule has 1 aliphatic rings. The molecule has 2 heterocycles. The predicted molar refractivity (Wildman–Crippen MR) is 70.3 cm³/mol. The number of benzene rings is 1. The molecule has 6 heteroatoms. The number of rotatable bonds is 1. The number of fused-ring (bicyclic) bond motifs is 1. The van der Waals surface area contributed by atoms with Crippen LogP contribution in [0.5, 0.6) is 0 Å². The highest BCUT2D eigenvalue weighted by atomic mass is 32.2. The van der Waals surface area contributed by atoms with Crippen LogP contribution in [0.15, 0.2) is 33.8 Å². The summed E-state index contributed by atoms with van der Waals surface area (Å²) in [5.74, 6) is 0.293. The van der Waals surface area contributed by atoms with E-state index in [0.29, 0.717) is 0 Å². The Morgan fingerprint density at radius 3 is 3.06 bits per heavy atom. The van der Waals surface area contributed by atoms with E-state index >= 15 is 0 Å². The molecule has 0 saturated carbocycles. The Labute approximate surface area is 108 Å². The van der Waals surface area contributed by atoms with Gasteiger partial charge in [-0.3, -0.25) is 4.79 Å². The zero-order valence-corrected chi connectivity index (χ0v) is 10.5. The molecule has 1 atom stereocenters. The molecule has 1 amide bonds. The fraction of sp³-hybridized carbons (Fsp3) is 0.167. The van der Waals surface area contributed by atoms with Crippen LogP contribution >= 0.6 is 11.8 Å². The van der Waals surface area contributed by atoms with Gasteiger partial charge in [0.25, 0.3) is 0 Å². The number of thioether (sulfide) groups is 1. The van der Waals surface area contributed by atoms with Crippen LogP contribution in [0.3, 0.4) is 0 Å². The second-order valence-electron chi connectivity index (χ2n) is 4.06. The topological polar surface area (TPSA) is 81.2 Å². The highest BCUT2D eigenvalue weighted by Crippen LogP contribution is 2.38. The summed E-state index contributed by atoms with van der Waals surface area (Å²) in [7, 11) is 0. The smallest absolute Gasteiger partial charge is 0.237 e. The van der Waals surface area contributed by atoms with Crippen LogP contribution in [0.25, 0.3) is 11.1 Å². The summed E-state index contributed by atoms with van der Waals surface area (Å²) in [6.07, 6.45) is 1.57. The number of nitrogens with one attached hydrogen (secondary N) is 1. The van der Waals surface area contributed by atoms with E-state index in [0.717, 1.165) is 21.7 Å². The van der Waals surface area contributed by atoms with Crippen molar-refractivity contribution in [1.29, 1.82) is 0 Å². The highest BCUT2D eigenvalue weighted by molar-refractivity contribution is 8.00. The first-order chi connectivity index (χ1) is 8.65. The molecule has 0 saturated heterocycles. The van der Waals surface area contributed by atoms with Gasteiger partial charge in [-0.1, -0.05) is 11.2 Å². The Morgan fingerprint density at radius 1 is 1.50 bits per heavy atom. The van der Waals surface area contributed by atoms with Crippen molar-refractivity contribution in [2.45, 2.75) is 17.1 Å². The van der Waals surface area contributed by atoms with Gasteiger partial charge in [0.1, 0.15) is 0 Å². The van der Waals surface area contributed by atoms with Gasteiger partial charge in [-0.2, -0.15) is 0 Å². The fourth-order valence-electron chi connectivity index (χ4n) is 1.84. The van der Waals surface area contributed by atoms with Crippen molar-refractivity contribution in [2.24, 2.45) is 0 Å². The Kier molecular flexibility index (Phi) is 2.52. The number of nitrogens with two attached hydrogens (primary N) is 1. The maximum atomic E-state index is 11.6. The van der Waals surface area contributed by atoms with Crippen LogP contribution in [0.2, 0.25) is 0 Å². The van der Waals surface area contributed by atoms with E-state index in [1.807, 2.05) is 25.1 Å². The van der Waals surface area contributed by atoms with E-state index < -0.39 is 0 Å². The van der Waals surface area contributed by atoms with Crippen molar-refractivity contribution in [3.8, 4) is 11.1 Å². The number of carbonyl (C=O) groups is 1. The lowest BCUT2D eigenvalue weighted by Crippen LogP contribution is -2.26. The van der Waals surface area contributed by atoms with Gasteiger partial charge in [0.15, 0.2) is 0 Å². The second kappa shape index (κ2) is 4.06. The molecule has 92 valence electrons. The van der Waals surface area contributed by atoms with Crippen molar-refractivity contribution in [2.75, 3.05) is 11.1 Å². The molecule has 0 spiro atoms. The largest absolute Gasteiger partial charge is 0.367 e. The number of carbonyl (C=O) groups excluding carboxylic acids is 1. The lowest BCUT2D eigenvalue weighted by atomic mass is 10.1. The zero-order chi connectivity index (χ0) is 12.7. The van der Waals surface area contributed by atoms with Gasteiger partial charge in [0, 0.05) is 4.90 Å². The van der Waals surface area contributed by atoms with E-state index in [1.165, 1.54) is 0 Å². The maximum absolute atomic E-state index is 11.6. The summed E-state index contributed by atoms with van der Waals surface area (Å²) in [4.78, 5) is 12.7. The molecule has 1 aromatic heterocycles. The van der Waals surface area contributed by atoms with Crippen molar-refractivity contribution in [3.05, 3.63) is 24.4 Å². The van der Waals surface area contributed by atoms with Crippen LogP contribution in [-0.4, -0.2) is 16.3 Å². The van der Waals surface area contributed by atoms with E-state index in [4.69, 9.17) is 10.3 Å². The summed E-state index contributed by atoms with van der Waals surface area (Å²) in [6, 6.07) is 5.80. The molecular formula is C12H11N3O2S. The molecule has 3 N–H and O–H groups in total.